The van der Waals surface area contributed by atoms with Gasteiger partial charge in [0, 0.05) is 0 Å². The van der Waals surface area contributed by atoms with E-state index in [1.54, 1.807) is 0 Å². The van der Waals surface area contributed by atoms with E-state index < -0.39 is 6.08 Å². The van der Waals surface area contributed by atoms with Gasteiger partial charge in [0.05, 0.1) is 0 Å². The average Bonchev–Trinajstić information content (AvgIpc) is 2.69. The molecule has 146 valence electrons. The third-order valence-corrected chi connectivity index (χ3v) is 5.05. The Morgan fingerprint density at radius 2 is 1.15 bits per heavy atom. The minimum absolute atomic E-state index is 0.278. The van der Waals surface area contributed by atoms with E-state index in [4.69, 9.17) is 0 Å². The third-order valence-electron chi connectivity index (χ3n) is 5.05. The molecule has 0 atom stereocenters. The summed E-state index contributed by atoms with van der Waals surface area (Å²) in [5, 5.41) is 0. The Kier molecular flexibility index (Phi) is 9.83. The van der Waals surface area contributed by atoms with Crippen LogP contribution < -0.4 is 0 Å². The molecule has 0 saturated heterocycles. The fourth-order valence-corrected chi connectivity index (χ4v) is 3.36. The highest BCUT2D eigenvalue weighted by Gasteiger charge is 2.00. The average molecular weight is 371 g/mol. The van der Waals surface area contributed by atoms with Crippen LogP contribution in [0.15, 0.2) is 60.7 Å². The maximum atomic E-state index is 12.2. The Hall–Kier alpha value is -1.96. The summed E-state index contributed by atoms with van der Waals surface area (Å²) in [6.45, 7) is 2.26. The normalized spacial score (nSPS) is 10.8. The van der Waals surface area contributed by atoms with E-state index in [2.05, 4.69) is 31.2 Å². The molecule has 0 bridgehead atoms. The zero-order chi connectivity index (χ0) is 19.3. The Morgan fingerprint density at radius 1 is 0.667 bits per heavy atom. The van der Waals surface area contributed by atoms with E-state index in [9.17, 15) is 8.78 Å². The first-order valence-electron chi connectivity index (χ1n) is 10.4. The number of hydrogen-bond acceptors (Lipinski definition) is 0. The molecule has 0 aromatic heterocycles. The van der Waals surface area contributed by atoms with Crippen molar-refractivity contribution in [2.45, 2.75) is 71.1 Å². The summed E-state index contributed by atoms with van der Waals surface area (Å²) in [5.74, 6) is 0. The molecule has 0 unspecified atom stereocenters. The van der Waals surface area contributed by atoms with Gasteiger partial charge in [-0.05, 0) is 47.6 Å². The lowest BCUT2D eigenvalue weighted by Crippen LogP contribution is -1.88. The van der Waals surface area contributed by atoms with E-state index in [1.807, 2.05) is 24.3 Å². The molecule has 2 aromatic rings. The smallest absolute Gasteiger partial charge is 0.174 e. The largest absolute Gasteiger partial charge is 0.266 e. The van der Waals surface area contributed by atoms with Crippen molar-refractivity contribution < 1.29 is 8.78 Å². The number of aryl methyl sites for hydroxylation is 1. The second kappa shape index (κ2) is 12.4. The van der Waals surface area contributed by atoms with Crippen LogP contribution >= 0.6 is 0 Å². The van der Waals surface area contributed by atoms with Gasteiger partial charge in [0.25, 0.3) is 6.08 Å². The quantitative estimate of drug-likeness (QED) is 0.329. The third kappa shape index (κ3) is 8.51. The Labute approximate surface area is 163 Å². The predicted molar refractivity (Wildman–Crippen MR) is 112 cm³/mol. The van der Waals surface area contributed by atoms with Crippen LogP contribution in [0.5, 0.6) is 0 Å². The van der Waals surface area contributed by atoms with Gasteiger partial charge in [-0.3, -0.25) is 0 Å². The molecule has 0 aliphatic rings. The van der Waals surface area contributed by atoms with Crippen molar-refractivity contribution >= 4 is 0 Å². The van der Waals surface area contributed by atoms with E-state index >= 15 is 0 Å². The Bertz CT molecular complexity index is 664. The van der Waals surface area contributed by atoms with Crippen LogP contribution in [-0.4, -0.2) is 0 Å². The highest BCUT2D eigenvalue weighted by Crippen LogP contribution is 2.22. The van der Waals surface area contributed by atoms with Gasteiger partial charge in [-0.1, -0.05) is 100 Å². The van der Waals surface area contributed by atoms with Gasteiger partial charge in [0.2, 0.25) is 0 Å². The number of benzene rings is 2. The summed E-state index contributed by atoms with van der Waals surface area (Å²) in [5.41, 5.74) is 4.60. The van der Waals surface area contributed by atoms with Gasteiger partial charge in [-0.2, -0.15) is 8.78 Å². The molecule has 0 nitrogen and oxygen atoms in total. The van der Waals surface area contributed by atoms with Crippen LogP contribution in [0.25, 0.3) is 11.1 Å². The van der Waals surface area contributed by atoms with Crippen molar-refractivity contribution in [1.29, 1.82) is 0 Å². The summed E-state index contributed by atoms with van der Waals surface area (Å²) in [4.78, 5) is 0. The Morgan fingerprint density at radius 3 is 1.67 bits per heavy atom. The van der Waals surface area contributed by atoms with Crippen molar-refractivity contribution in [2.24, 2.45) is 0 Å². The van der Waals surface area contributed by atoms with E-state index in [0.29, 0.717) is 0 Å². The molecule has 0 radical (unpaired) electrons. The zero-order valence-electron chi connectivity index (χ0n) is 16.5. The van der Waals surface area contributed by atoms with Crippen molar-refractivity contribution in [3.8, 4) is 11.1 Å². The number of halogens is 2. The molecule has 2 aromatic carbocycles. The van der Waals surface area contributed by atoms with Crippen molar-refractivity contribution in [3.05, 3.63) is 71.8 Å². The van der Waals surface area contributed by atoms with Crippen LogP contribution in [-0.2, 0) is 12.8 Å². The summed E-state index contributed by atoms with van der Waals surface area (Å²) in [7, 11) is 0. The number of rotatable bonds is 12. The van der Waals surface area contributed by atoms with Crippen molar-refractivity contribution in [1.82, 2.24) is 0 Å². The second-order valence-corrected chi connectivity index (χ2v) is 7.32. The number of hydrogen-bond donors (Lipinski definition) is 0. The van der Waals surface area contributed by atoms with Crippen LogP contribution in [0.4, 0.5) is 8.78 Å². The highest BCUT2D eigenvalue weighted by atomic mass is 19.3. The van der Waals surface area contributed by atoms with Gasteiger partial charge in [0.15, 0.2) is 0 Å². The Balaban J connectivity index is 1.74. The maximum Gasteiger partial charge on any atom is 0.266 e. The standard InChI is InChI=1S/C25H32F2/c1-2-3-4-5-6-7-8-9-10-21-11-16-23(17-12-21)24-18-13-22(14-19-24)15-20-25(26)27/h11-14,16-20H,2-10,15H2,1H3. The fraction of sp³-hybridized carbons (Fsp3) is 0.440. The van der Waals surface area contributed by atoms with Crippen LogP contribution in [0.3, 0.4) is 0 Å². The molecule has 2 heteroatoms. The molecule has 0 heterocycles. The summed E-state index contributed by atoms with van der Waals surface area (Å²) < 4.78 is 24.3. The maximum absolute atomic E-state index is 12.2. The SMILES string of the molecule is CCCCCCCCCCc1ccc(-c2ccc(CC=C(F)F)cc2)cc1. The predicted octanol–water partition coefficient (Wildman–Crippen LogP) is 8.36. The van der Waals surface area contributed by atoms with Crippen LogP contribution in [0.1, 0.15) is 69.4 Å². The first-order chi connectivity index (χ1) is 13.2. The topological polar surface area (TPSA) is 0 Å². The van der Waals surface area contributed by atoms with Crippen molar-refractivity contribution in [3.63, 3.8) is 0 Å². The van der Waals surface area contributed by atoms with Gasteiger partial charge >= 0.3 is 0 Å². The summed E-state index contributed by atoms with van der Waals surface area (Å²) in [6, 6.07) is 16.6. The first-order valence-corrected chi connectivity index (χ1v) is 10.4. The monoisotopic (exact) mass is 370 g/mol. The molecule has 0 amide bonds. The molecule has 0 fully saturated rings. The molecular formula is C25H32F2. The number of allylic oxidation sites excluding steroid dienone is 1. The first kappa shape index (κ1) is 21.3. The summed E-state index contributed by atoms with van der Waals surface area (Å²) >= 11 is 0. The van der Waals surface area contributed by atoms with Gasteiger partial charge in [-0.25, -0.2) is 0 Å². The minimum Gasteiger partial charge on any atom is -0.174 e. The molecule has 0 aliphatic heterocycles. The van der Waals surface area contributed by atoms with E-state index in [1.165, 1.54) is 62.5 Å². The van der Waals surface area contributed by atoms with Crippen LogP contribution in [0.2, 0.25) is 0 Å². The van der Waals surface area contributed by atoms with Gasteiger partial charge < -0.3 is 0 Å². The lowest BCUT2D eigenvalue weighted by molar-refractivity contribution is 0.418. The second-order valence-electron chi connectivity index (χ2n) is 7.32. The molecule has 0 aliphatic carbocycles. The molecule has 0 saturated carbocycles. The molecule has 0 spiro atoms. The van der Waals surface area contributed by atoms with Gasteiger partial charge in [0.1, 0.15) is 0 Å². The molecule has 2 rings (SSSR count). The molecule has 27 heavy (non-hydrogen) atoms. The van der Waals surface area contributed by atoms with E-state index in [0.717, 1.165) is 23.6 Å². The molecule has 0 N–H and O–H groups in total. The molecular weight excluding hydrogens is 338 g/mol. The van der Waals surface area contributed by atoms with Gasteiger partial charge in [-0.15, -0.1) is 0 Å². The lowest BCUT2D eigenvalue weighted by Gasteiger charge is -2.06. The van der Waals surface area contributed by atoms with Crippen LogP contribution in [0, 0.1) is 0 Å². The minimum atomic E-state index is -1.62. The lowest BCUT2D eigenvalue weighted by atomic mass is 9.99. The zero-order valence-corrected chi connectivity index (χ0v) is 16.5. The highest BCUT2D eigenvalue weighted by molar-refractivity contribution is 5.64. The number of unbranched alkanes of at least 4 members (excludes halogenated alkanes) is 7. The summed E-state index contributed by atoms with van der Waals surface area (Å²) in [6.07, 6.45) is 11.6. The van der Waals surface area contributed by atoms with Crippen molar-refractivity contribution in [2.75, 3.05) is 0 Å². The fourth-order valence-electron chi connectivity index (χ4n) is 3.36. The van der Waals surface area contributed by atoms with E-state index in [-0.39, 0.29) is 6.42 Å².